The summed E-state index contributed by atoms with van der Waals surface area (Å²) in [7, 11) is 1.62. The standard InChI is InChI=1S/C22H30N2O4/c1-27-18-2-4-19(5-3-18)28-7-6-23-20(25)14-24-21(26)22-11-15-8-16(12-22)10-17(9-15)13-22/h2-5,15-17H,6-14H2,1H3,(H,23,25)(H,24,26). The van der Waals surface area contributed by atoms with Crippen LogP contribution >= 0.6 is 0 Å². The quantitative estimate of drug-likeness (QED) is 0.673. The van der Waals surface area contributed by atoms with Gasteiger partial charge >= 0.3 is 0 Å². The summed E-state index contributed by atoms with van der Waals surface area (Å²) in [5.41, 5.74) is -0.202. The molecule has 0 unspecified atom stereocenters. The van der Waals surface area contributed by atoms with E-state index in [4.69, 9.17) is 9.47 Å². The van der Waals surface area contributed by atoms with Gasteiger partial charge in [0, 0.05) is 5.41 Å². The van der Waals surface area contributed by atoms with E-state index in [1.54, 1.807) is 7.11 Å². The van der Waals surface area contributed by atoms with Gasteiger partial charge in [0.25, 0.3) is 0 Å². The molecule has 2 N–H and O–H groups in total. The number of carbonyl (C=O) groups excluding carboxylic acids is 2. The molecule has 0 saturated heterocycles. The van der Waals surface area contributed by atoms with Crippen molar-refractivity contribution < 1.29 is 19.1 Å². The summed E-state index contributed by atoms with van der Waals surface area (Å²) < 4.78 is 10.7. The molecular weight excluding hydrogens is 356 g/mol. The van der Waals surface area contributed by atoms with Gasteiger partial charge in [-0.2, -0.15) is 0 Å². The van der Waals surface area contributed by atoms with Crippen LogP contribution in [0.4, 0.5) is 0 Å². The maximum Gasteiger partial charge on any atom is 0.239 e. The van der Waals surface area contributed by atoms with Gasteiger partial charge in [0.15, 0.2) is 0 Å². The van der Waals surface area contributed by atoms with Crippen molar-refractivity contribution >= 4 is 11.8 Å². The lowest BCUT2D eigenvalue weighted by Crippen LogP contribution is -2.54. The van der Waals surface area contributed by atoms with Crippen molar-refractivity contribution in [1.82, 2.24) is 10.6 Å². The molecular formula is C22H30N2O4. The Morgan fingerprint density at radius 2 is 1.54 bits per heavy atom. The molecule has 28 heavy (non-hydrogen) atoms. The van der Waals surface area contributed by atoms with Crippen molar-refractivity contribution in [1.29, 1.82) is 0 Å². The number of methoxy groups -OCH3 is 1. The fourth-order valence-electron chi connectivity index (χ4n) is 5.83. The molecule has 1 aromatic rings. The average molecular weight is 386 g/mol. The Labute approximate surface area is 166 Å². The van der Waals surface area contributed by atoms with Crippen molar-refractivity contribution in [2.24, 2.45) is 23.2 Å². The first kappa shape index (κ1) is 19.1. The fourth-order valence-corrected chi connectivity index (χ4v) is 5.83. The maximum absolute atomic E-state index is 12.8. The van der Waals surface area contributed by atoms with Crippen LogP contribution in [-0.4, -0.2) is 38.6 Å². The largest absolute Gasteiger partial charge is 0.497 e. The second-order valence-corrected chi connectivity index (χ2v) is 8.75. The number of benzene rings is 1. The zero-order valence-corrected chi connectivity index (χ0v) is 16.5. The Hall–Kier alpha value is -2.24. The topological polar surface area (TPSA) is 76.7 Å². The van der Waals surface area contributed by atoms with Crippen LogP contribution in [0.2, 0.25) is 0 Å². The third kappa shape index (κ3) is 4.10. The highest BCUT2D eigenvalue weighted by atomic mass is 16.5. The van der Waals surface area contributed by atoms with E-state index in [1.165, 1.54) is 19.3 Å². The van der Waals surface area contributed by atoms with Crippen LogP contribution < -0.4 is 20.1 Å². The van der Waals surface area contributed by atoms with Crippen molar-refractivity contribution in [3.05, 3.63) is 24.3 Å². The lowest BCUT2D eigenvalue weighted by Gasteiger charge is -2.55. The van der Waals surface area contributed by atoms with Gasteiger partial charge in [-0.15, -0.1) is 0 Å². The number of carbonyl (C=O) groups is 2. The van der Waals surface area contributed by atoms with E-state index in [1.807, 2.05) is 24.3 Å². The number of nitrogens with one attached hydrogen (secondary N) is 2. The van der Waals surface area contributed by atoms with Crippen molar-refractivity contribution in [2.75, 3.05) is 26.8 Å². The second kappa shape index (κ2) is 8.02. The number of hydrogen-bond acceptors (Lipinski definition) is 4. The Balaban J connectivity index is 1.16. The molecule has 6 heteroatoms. The van der Waals surface area contributed by atoms with Crippen LogP contribution in [-0.2, 0) is 9.59 Å². The van der Waals surface area contributed by atoms with Crippen molar-refractivity contribution in [3.8, 4) is 11.5 Å². The molecule has 0 heterocycles. The summed E-state index contributed by atoms with van der Waals surface area (Å²) in [6.45, 7) is 0.822. The minimum atomic E-state index is -0.202. The molecule has 0 radical (unpaired) electrons. The number of rotatable bonds is 8. The summed E-state index contributed by atoms with van der Waals surface area (Å²) in [5.74, 6) is 3.59. The Kier molecular flexibility index (Phi) is 5.47. The minimum Gasteiger partial charge on any atom is -0.497 e. The van der Waals surface area contributed by atoms with E-state index in [2.05, 4.69) is 10.6 Å². The van der Waals surface area contributed by atoms with Gasteiger partial charge in [-0.1, -0.05) is 0 Å². The zero-order valence-electron chi connectivity index (χ0n) is 16.5. The second-order valence-electron chi connectivity index (χ2n) is 8.75. The molecule has 2 amide bonds. The third-order valence-corrected chi connectivity index (χ3v) is 6.68. The lowest BCUT2D eigenvalue weighted by molar-refractivity contribution is -0.147. The number of hydrogen-bond donors (Lipinski definition) is 2. The van der Waals surface area contributed by atoms with Crippen LogP contribution in [0.1, 0.15) is 38.5 Å². The molecule has 4 aliphatic carbocycles. The molecule has 4 saturated carbocycles. The van der Waals surface area contributed by atoms with Gasteiger partial charge in [-0.3, -0.25) is 9.59 Å². The minimum absolute atomic E-state index is 0.0448. The van der Waals surface area contributed by atoms with Gasteiger partial charge in [0.05, 0.1) is 20.2 Å². The Bertz CT molecular complexity index is 680. The molecule has 4 fully saturated rings. The van der Waals surface area contributed by atoms with E-state index in [-0.39, 0.29) is 23.8 Å². The molecule has 4 aliphatic rings. The van der Waals surface area contributed by atoms with Crippen molar-refractivity contribution in [2.45, 2.75) is 38.5 Å². The molecule has 152 valence electrons. The van der Waals surface area contributed by atoms with Gasteiger partial charge in [-0.05, 0) is 80.5 Å². The highest BCUT2D eigenvalue weighted by Gasteiger charge is 2.54. The van der Waals surface area contributed by atoms with E-state index in [0.29, 0.717) is 13.2 Å². The SMILES string of the molecule is COc1ccc(OCCNC(=O)CNC(=O)C23CC4CC(CC(C4)C2)C3)cc1. The highest BCUT2D eigenvalue weighted by molar-refractivity contribution is 5.88. The molecule has 0 atom stereocenters. The maximum atomic E-state index is 12.8. The first-order chi connectivity index (χ1) is 13.6. The molecule has 0 aliphatic heterocycles. The number of ether oxygens (including phenoxy) is 2. The van der Waals surface area contributed by atoms with Crippen molar-refractivity contribution in [3.63, 3.8) is 0 Å². The smallest absolute Gasteiger partial charge is 0.239 e. The predicted molar refractivity (Wildman–Crippen MR) is 105 cm³/mol. The normalized spacial score (nSPS) is 30.0. The first-order valence-corrected chi connectivity index (χ1v) is 10.4. The van der Waals surface area contributed by atoms with E-state index >= 15 is 0 Å². The van der Waals surface area contributed by atoms with Crippen LogP contribution in [0.5, 0.6) is 11.5 Å². The highest BCUT2D eigenvalue weighted by Crippen LogP contribution is 2.60. The van der Waals surface area contributed by atoms with Gasteiger partial charge in [0.2, 0.25) is 11.8 Å². The zero-order chi connectivity index (χ0) is 19.6. The lowest BCUT2D eigenvalue weighted by atomic mass is 9.49. The predicted octanol–water partition coefficient (Wildman–Crippen LogP) is 2.52. The van der Waals surface area contributed by atoms with Crippen LogP contribution in [0.25, 0.3) is 0 Å². The third-order valence-electron chi connectivity index (χ3n) is 6.68. The molecule has 0 spiro atoms. The summed E-state index contributed by atoms with van der Waals surface area (Å²) in [6.07, 6.45) is 6.97. The first-order valence-electron chi connectivity index (χ1n) is 10.4. The molecule has 1 aromatic carbocycles. The Morgan fingerprint density at radius 1 is 0.964 bits per heavy atom. The molecule has 5 rings (SSSR count). The van der Waals surface area contributed by atoms with Gasteiger partial charge in [-0.25, -0.2) is 0 Å². The fraction of sp³-hybridized carbons (Fsp3) is 0.636. The Morgan fingerprint density at radius 3 is 2.11 bits per heavy atom. The average Bonchev–Trinajstić information content (AvgIpc) is 2.69. The van der Waals surface area contributed by atoms with Crippen LogP contribution in [0.15, 0.2) is 24.3 Å². The molecule has 0 aromatic heterocycles. The monoisotopic (exact) mass is 386 g/mol. The molecule has 4 bridgehead atoms. The van der Waals surface area contributed by atoms with Gasteiger partial charge in [0.1, 0.15) is 18.1 Å². The number of amides is 2. The van der Waals surface area contributed by atoms with E-state index in [9.17, 15) is 9.59 Å². The molecule has 6 nitrogen and oxygen atoms in total. The van der Waals surface area contributed by atoms with E-state index < -0.39 is 0 Å². The summed E-state index contributed by atoms with van der Waals surface area (Å²) in [5, 5.41) is 5.71. The van der Waals surface area contributed by atoms with Gasteiger partial charge < -0.3 is 20.1 Å². The van der Waals surface area contributed by atoms with Crippen LogP contribution in [0, 0.1) is 23.2 Å². The van der Waals surface area contributed by atoms with E-state index in [0.717, 1.165) is 48.5 Å². The summed E-state index contributed by atoms with van der Waals surface area (Å²) in [4.78, 5) is 24.9. The summed E-state index contributed by atoms with van der Waals surface area (Å²) >= 11 is 0. The summed E-state index contributed by atoms with van der Waals surface area (Å²) in [6, 6.07) is 7.31. The van der Waals surface area contributed by atoms with Crippen LogP contribution in [0.3, 0.4) is 0 Å².